The lowest BCUT2D eigenvalue weighted by Gasteiger charge is -2.42. The summed E-state index contributed by atoms with van der Waals surface area (Å²) in [5.41, 5.74) is 4.81. The van der Waals surface area contributed by atoms with Gasteiger partial charge in [0.2, 0.25) is 0 Å². The lowest BCUT2D eigenvalue weighted by Crippen LogP contribution is -2.50. The summed E-state index contributed by atoms with van der Waals surface area (Å²) in [6.07, 6.45) is 8.66. The molecule has 1 N–H and O–H groups in total. The average molecular weight is 691 g/mol. The molecule has 0 radical (unpaired) electrons. The minimum absolute atomic E-state index is 0.0552. The average Bonchev–Trinajstić information content (AvgIpc) is 3.45. The number of hydrogen-bond acceptors (Lipinski definition) is 9. The highest BCUT2D eigenvalue weighted by atomic mass is 16.7. The number of methoxy groups -OCH3 is 1. The van der Waals surface area contributed by atoms with Crippen molar-refractivity contribution in [3.05, 3.63) is 119 Å². The van der Waals surface area contributed by atoms with Gasteiger partial charge in [0.05, 0.1) is 18.6 Å². The van der Waals surface area contributed by atoms with Crippen LogP contribution >= 0.6 is 0 Å². The fraction of sp³-hybridized carbons (Fsp3) is 0.325. The molecule has 11 heteroatoms. The van der Waals surface area contributed by atoms with Crippen molar-refractivity contribution in [2.75, 3.05) is 20.7 Å². The molecular weight excluding hydrogens is 647 g/mol. The number of likely N-dealkylation sites (N-methyl/N-ethyl adjacent to an activating group) is 1. The Morgan fingerprint density at radius 2 is 1.90 bits per heavy atom. The van der Waals surface area contributed by atoms with Crippen molar-refractivity contribution in [1.82, 2.24) is 10.2 Å². The lowest BCUT2D eigenvalue weighted by atomic mass is 9.67. The number of benzene rings is 3. The Bertz CT molecular complexity index is 1890. The van der Waals surface area contributed by atoms with Gasteiger partial charge in [-0.15, -0.1) is 0 Å². The van der Waals surface area contributed by atoms with E-state index in [2.05, 4.69) is 35.5 Å². The standard InChI is InChI=1S/C40H43BN2O8/c1-5-25(2)49-38(45)42-32(20-26-10-14-30(15-11-26)50-39(46)48-23-29-8-6-7-9-31(29)41)33(44)16-12-27-18-19-40-24-43(3)22-28-13-17-34(47-4)37(36(28)40)51-35(40)21-27/h5-19,27,32,35H,20-24,41H2,1-4H3,(H,42,45)/b16-12-,25-5+/t27-,32-,35-,40-/m0/s1. The summed E-state index contributed by atoms with van der Waals surface area (Å²) in [6, 6.07) is 17.5. The molecule has 264 valence electrons. The van der Waals surface area contributed by atoms with Gasteiger partial charge in [-0.2, -0.15) is 0 Å². The molecule has 3 aliphatic rings. The number of ether oxygens (including phenoxy) is 5. The maximum absolute atomic E-state index is 13.7. The quantitative estimate of drug-likeness (QED) is 0.0736. The number of carbonyl (C=O) groups excluding carboxylic acids is 3. The molecule has 6 rings (SSSR count). The van der Waals surface area contributed by atoms with E-state index in [1.807, 2.05) is 44.3 Å². The van der Waals surface area contributed by atoms with Gasteiger partial charge in [0.25, 0.3) is 0 Å². The van der Waals surface area contributed by atoms with Crippen molar-refractivity contribution in [2.45, 2.75) is 57.4 Å². The Kier molecular flexibility index (Phi) is 10.7. The van der Waals surface area contributed by atoms with Crippen LogP contribution in [0.15, 0.2) is 96.8 Å². The summed E-state index contributed by atoms with van der Waals surface area (Å²) in [5, 5.41) is 2.73. The van der Waals surface area contributed by atoms with Crippen LogP contribution in [0, 0.1) is 5.92 Å². The van der Waals surface area contributed by atoms with Crippen LogP contribution in [0.2, 0.25) is 0 Å². The van der Waals surface area contributed by atoms with Gasteiger partial charge in [-0.1, -0.05) is 66.2 Å². The predicted molar refractivity (Wildman–Crippen MR) is 195 cm³/mol. The number of allylic oxidation sites excluding steroid dienone is 4. The summed E-state index contributed by atoms with van der Waals surface area (Å²) in [7, 11) is 5.72. The SMILES string of the molecule is Bc1ccccc1COC(=O)Oc1ccc(C[C@H](NC(=O)O/C(C)=C/C)C(=O)/C=C\[C@H]2C=C[C@@]34CN(C)Cc5ccc(OC)c(c53)O[C@H]4C2)cc1. The first-order chi connectivity index (χ1) is 24.6. The van der Waals surface area contributed by atoms with Crippen LogP contribution in [-0.2, 0) is 39.3 Å². The molecule has 3 aromatic carbocycles. The summed E-state index contributed by atoms with van der Waals surface area (Å²) >= 11 is 0. The second-order valence-corrected chi connectivity index (χ2v) is 13.4. The molecule has 2 heterocycles. The van der Waals surface area contributed by atoms with Gasteiger partial charge >= 0.3 is 12.2 Å². The number of ketones is 1. The zero-order chi connectivity index (χ0) is 36.1. The lowest BCUT2D eigenvalue weighted by molar-refractivity contribution is -0.116. The molecule has 0 unspecified atom stereocenters. The van der Waals surface area contributed by atoms with E-state index in [-0.39, 0.29) is 36.2 Å². The van der Waals surface area contributed by atoms with Crippen molar-refractivity contribution in [3.63, 3.8) is 0 Å². The largest absolute Gasteiger partial charge is 0.514 e. The summed E-state index contributed by atoms with van der Waals surface area (Å²) in [6.45, 7) is 5.19. The molecule has 0 fully saturated rings. The topological polar surface area (TPSA) is 113 Å². The van der Waals surface area contributed by atoms with E-state index < -0.39 is 18.3 Å². The molecule has 0 aromatic heterocycles. The van der Waals surface area contributed by atoms with Crippen molar-refractivity contribution >= 4 is 31.3 Å². The number of hydrogen-bond donors (Lipinski definition) is 1. The van der Waals surface area contributed by atoms with E-state index in [1.54, 1.807) is 51.3 Å². The van der Waals surface area contributed by atoms with Gasteiger partial charge in [-0.3, -0.25) is 4.79 Å². The van der Waals surface area contributed by atoms with E-state index in [1.165, 1.54) is 17.2 Å². The zero-order valence-corrected chi connectivity index (χ0v) is 29.6. The molecule has 1 amide bonds. The second kappa shape index (κ2) is 15.3. The molecule has 1 spiro atoms. The highest BCUT2D eigenvalue weighted by Crippen LogP contribution is 2.55. The monoisotopic (exact) mass is 690 g/mol. The first-order valence-corrected chi connectivity index (χ1v) is 17.1. The molecule has 51 heavy (non-hydrogen) atoms. The van der Waals surface area contributed by atoms with Gasteiger partial charge in [0.15, 0.2) is 17.3 Å². The molecule has 0 bridgehead atoms. The highest BCUT2D eigenvalue weighted by Gasteiger charge is 2.54. The van der Waals surface area contributed by atoms with Crippen molar-refractivity contribution in [3.8, 4) is 17.2 Å². The Hall–Kier alpha value is -5.29. The Morgan fingerprint density at radius 3 is 2.65 bits per heavy atom. The Morgan fingerprint density at radius 1 is 1.12 bits per heavy atom. The van der Waals surface area contributed by atoms with Gasteiger partial charge < -0.3 is 33.9 Å². The van der Waals surface area contributed by atoms with E-state index in [9.17, 15) is 14.4 Å². The number of nitrogens with zero attached hydrogens (tertiary/aromatic N) is 1. The van der Waals surface area contributed by atoms with E-state index in [0.717, 1.165) is 41.2 Å². The van der Waals surface area contributed by atoms with Gasteiger partial charge in [0, 0.05) is 25.1 Å². The smallest absolute Gasteiger partial charge is 0.493 e. The Labute approximate surface area is 299 Å². The number of nitrogens with one attached hydrogen (secondary N) is 1. The van der Waals surface area contributed by atoms with Crippen LogP contribution in [0.5, 0.6) is 17.2 Å². The van der Waals surface area contributed by atoms with Crippen LogP contribution < -0.4 is 25.0 Å². The van der Waals surface area contributed by atoms with Crippen LogP contribution in [0.1, 0.15) is 42.5 Å². The number of carbonyl (C=O) groups is 3. The third-order valence-corrected chi connectivity index (χ3v) is 9.80. The number of amides is 1. The van der Waals surface area contributed by atoms with E-state index in [0.29, 0.717) is 17.9 Å². The fourth-order valence-electron chi connectivity index (χ4n) is 7.07. The minimum Gasteiger partial charge on any atom is -0.493 e. The molecule has 0 saturated heterocycles. The molecule has 1 aliphatic carbocycles. The molecule has 4 atom stereocenters. The third kappa shape index (κ3) is 7.89. The van der Waals surface area contributed by atoms with Crippen LogP contribution in [0.4, 0.5) is 9.59 Å². The van der Waals surface area contributed by atoms with E-state index >= 15 is 0 Å². The van der Waals surface area contributed by atoms with Crippen LogP contribution in [-0.4, -0.2) is 63.6 Å². The van der Waals surface area contributed by atoms with Crippen molar-refractivity contribution < 1.29 is 38.1 Å². The number of rotatable bonds is 11. The van der Waals surface area contributed by atoms with Crippen molar-refractivity contribution in [1.29, 1.82) is 0 Å². The first-order valence-electron chi connectivity index (χ1n) is 17.1. The minimum atomic E-state index is -0.908. The number of alkyl carbamates (subject to hydrolysis) is 1. The van der Waals surface area contributed by atoms with E-state index in [4.69, 9.17) is 23.7 Å². The van der Waals surface area contributed by atoms with Crippen LogP contribution in [0.25, 0.3) is 0 Å². The van der Waals surface area contributed by atoms with Crippen molar-refractivity contribution in [2.24, 2.45) is 5.92 Å². The maximum atomic E-state index is 13.7. The molecule has 0 saturated carbocycles. The highest BCUT2D eigenvalue weighted by molar-refractivity contribution is 6.33. The predicted octanol–water partition coefficient (Wildman–Crippen LogP) is 5.08. The molecule has 3 aromatic rings. The first kappa shape index (κ1) is 35.5. The summed E-state index contributed by atoms with van der Waals surface area (Å²) in [5.74, 6) is 1.91. The van der Waals surface area contributed by atoms with Crippen LogP contribution in [0.3, 0.4) is 0 Å². The summed E-state index contributed by atoms with van der Waals surface area (Å²) < 4.78 is 28.2. The van der Waals surface area contributed by atoms with Gasteiger partial charge in [-0.05, 0) is 80.3 Å². The van der Waals surface area contributed by atoms with Gasteiger partial charge in [-0.25, -0.2) is 9.59 Å². The second-order valence-electron chi connectivity index (χ2n) is 13.4. The normalized spacial score (nSPS) is 21.2. The zero-order valence-electron chi connectivity index (χ0n) is 29.6. The molecular formula is C40H43BN2O8. The Balaban J connectivity index is 1.12. The third-order valence-electron chi connectivity index (χ3n) is 9.80. The fourth-order valence-corrected chi connectivity index (χ4v) is 7.07. The maximum Gasteiger partial charge on any atom is 0.514 e. The van der Waals surface area contributed by atoms with Gasteiger partial charge in [0.1, 0.15) is 32.1 Å². The molecule has 2 aliphatic heterocycles. The summed E-state index contributed by atoms with van der Waals surface area (Å²) in [4.78, 5) is 41.0. The molecule has 10 nitrogen and oxygen atoms in total.